The molecule has 2 bridgehead atoms. The van der Waals surface area contributed by atoms with Crippen LogP contribution in [0.15, 0.2) is 11.4 Å². The zero-order chi connectivity index (χ0) is 16.1. The van der Waals surface area contributed by atoms with Gasteiger partial charge in [0, 0.05) is 18.3 Å². The van der Waals surface area contributed by atoms with Crippen LogP contribution in [0.3, 0.4) is 0 Å². The van der Waals surface area contributed by atoms with Crippen molar-refractivity contribution in [3.63, 3.8) is 0 Å². The van der Waals surface area contributed by atoms with Crippen molar-refractivity contribution < 1.29 is 26.8 Å². The van der Waals surface area contributed by atoms with E-state index in [0.717, 1.165) is 10.4 Å². The minimum atomic E-state index is -4.80. The van der Waals surface area contributed by atoms with Crippen LogP contribution in [-0.2, 0) is 19.5 Å². The molecule has 2 aliphatic rings. The molecule has 1 aromatic rings. The van der Waals surface area contributed by atoms with Crippen LogP contribution in [0.25, 0.3) is 0 Å². The largest absolute Gasteiger partial charge is 0.418 e. The lowest BCUT2D eigenvalue weighted by Gasteiger charge is -2.30. The lowest BCUT2D eigenvalue weighted by molar-refractivity contribution is -0.119. The average molecular weight is 347 g/mol. The molecular weight excluding hydrogens is 334 g/mol. The molecule has 1 saturated heterocycles. The Morgan fingerprint density at radius 2 is 2.32 bits per heavy atom. The quantitative estimate of drug-likeness (QED) is 0.764. The summed E-state index contributed by atoms with van der Waals surface area (Å²) in [6.45, 7) is 1.82. The second-order valence-electron chi connectivity index (χ2n) is 4.97. The van der Waals surface area contributed by atoms with E-state index in [9.17, 15) is 18.0 Å². The lowest BCUT2D eigenvalue weighted by atomic mass is 9.99. The summed E-state index contributed by atoms with van der Waals surface area (Å²) in [6, 6.07) is 0.116. The highest BCUT2D eigenvalue weighted by Gasteiger charge is 2.50. The number of hydrogen-bond donors (Lipinski definition) is 2. The van der Waals surface area contributed by atoms with Crippen LogP contribution in [0.1, 0.15) is 29.4 Å². The molecule has 2 N–H and O–H groups in total. The number of hydrogen-bond acceptors (Lipinski definition) is 6. The van der Waals surface area contributed by atoms with Crippen LogP contribution in [0.2, 0.25) is 0 Å². The number of hydroxylamine groups is 2. The molecule has 11 heteroatoms. The number of rotatable bonds is 4. The van der Waals surface area contributed by atoms with E-state index in [4.69, 9.17) is 4.55 Å². The first-order valence-electron chi connectivity index (χ1n) is 6.36. The zero-order valence-corrected chi connectivity index (χ0v) is 13.1. The van der Waals surface area contributed by atoms with Gasteiger partial charge < -0.3 is 10.2 Å². The highest BCUT2D eigenvalue weighted by Crippen LogP contribution is 2.46. The van der Waals surface area contributed by atoms with E-state index in [1.165, 1.54) is 23.2 Å². The van der Waals surface area contributed by atoms with Gasteiger partial charge in [-0.1, -0.05) is 0 Å². The van der Waals surface area contributed by atoms with E-state index < -0.39 is 28.5 Å². The number of nitrogens with one attached hydrogen (secondary N) is 1. The van der Waals surface area contributed by atoms with Crippen molar-refractivity contribution in [1.82, 2.24) is 15.3 Å². The third-order valence-electron chi connectivity index (χ3n) is 3.57. The van der Waals surface area contributed by atoms with Gasteiger partial charge in [0.15, 0.2) is 0 Å². The van der Waals surface area contributed by atoms with Gasteiger partial charge in [0.25, 0.3) is 0 Å². The maximum absolute atomic E-state index is 12.3. The highest BCUT2D eigenvalue weighted by atomic mass is 32.3. The number of thiophene rings is 1. The van der Waals surface area contributed by atoms with Crippen LogP contribution in [0, 0.1) is 0 Å². The molecule has 2 atom stereocenters. The molecule has 0 radical (unpaired) electrons. The summed E-state index contributed by atoms with van der Waals surface area (Å²) in [5, 5.41) is 5.14. The summed E-state index contributed by atoms with van der Waals surface area (Å²) in [4.78, 5) is 25.7. The SMILES string of the molecule is CC(=O)NCC1c2sccc2[C@H]2CN1C(=O)N2OS(=O)(=O)O. The van der Waals surface area contributed by atoms with Crippen molar-refractivity contribution in [3.8, 4) is 0 Å². The summed E-state index contributed by atoms with van der Waals surface area (Å²) in [5.74, 6) is -0.224. The molecule has 9 nitrogen and oxygen atoms in total. The zero-order valence-electron chi connectivity index (χ0n) is 11.4. The molecule has 0 aromatic carbocycles. The van der Waals surface area contributed by atoms with Crippen LogP contribution in [0.4, 0.5) is 4.79 Å². The molecule has 1 unspecified atom stereocenters. The van der Waals surface area contributed by atoms with E-state index in [1.54, 1.807) is 6.07 Å². The van der Waals surface area contributed by atoms with Gasteiger partial charge in [-0.25, -0.2) is 4.79 Å². The fraction of sp³-hybridized carbons (Fsp3) is 0.455. The Morgan fingerprint density at radius 3 is 2.95 bits per heavy atom. The highest BCUT2D eigenvalue weighted by molar-refractivity contribution is 7.80. The third kappa shape index (κ3) is 2.56. The van der Waals surface area contributed by atoms with Crippen LogP contribution >= 0.6 is 11.3 Å². The number of urea groups is 1. The Bertz CT molecular complexity index is 730. The first-order chi connectivity index (χ1) is 10.3. The summed E-state index contributed by atoms with van der Waals surface area (Å²) >= 11 is 1.42. The molecule has 3 heterocycles. The molecule has 1 aromatic heterocycles. The number of amides is 3. The van der Waals surface area contributed by atoms with Crippen LogP contribution in [-0.4, -0.2) is 48.0 Å². The van der Waals surface area contributed by atoms with Crippen molar-refractivity contribution in [3.05, 3.63) is 21.9 Å². The van der Waals surface area contributed by atoms with Crippen molar-refractivity contribution in [2.24, 2.45) is 0 Å². The van der Waals surface area contributed by atoms with Gasteiger partial charge in [0.2, 0.25) is 5.91 Å². The fourth-order valence-electron chi connectivity index (χ4n) is 2.73. The molecule has 0 spiro atoms. The van der Waals surface area contributed by atoms with Crippen molar-refractivity contribution in [1.29, 1.82) is 0 Å². The first kappa shape index (κ1) is 15.2. The van der Waals surface area contributed by atoms with Crippen LogP contribution < -0.4 is 5.32 Å². The van der Waals surface area contributed by atoms with Gasteiger partial charge >= 0.3 is 16.4 Å². The van der Waals surface area contributed by atoms with Crippen molar-refractivity contribution >= 4 is 33.7 Å². The van der Waals surface area contributed by atoms with Crippen LogP contribution in [0.5, 0.6) is 0 Å². The Hall–Kier alpha value is -1.69. The van der Waals surface area contributed by atoms with Crippen molar-refractivity contribution in [2.75, 3.05) is 13.1 Å². The normalized spacial score (nSPS) is 23.6. The summed E-state index contributed by atoms with van der Waals surface area (Å²) in [6.07, 6.45) is 0. The molecule has 1 fully saturated rings. The standard InChI is InChI=1S/C11H13N3O6S2/c1-6(15)12-4-8-10-7(2-3-21-10)9-5-13(8)11(16)14(9)20-22(17,18)19/h2-3,8-9H,4-5H2,1H3,(H,12,15)(H,17,18,19)/t8?,9-/m1/s1. The Kier molecular flexibility index (Phi) is 3.59. The molecule has 120 valence electrons. The second-order valence-corrected chi connectivity index (χ2v) is 6.92. The van der Waals surface area contributed by atoms with Gasteiger partial charge in [0.1, 0.15) is 6.04 Å². The molecule has 3 rings (SSSR count). The Labute approximate surface area is 130 Å². The number of carbonyl (C=O) groups excluding carboxylic acids is 2. The van der Waals surface area contributed by atoms with Gasteiger partial charge in [0.05, 0.1) is 12.6 Å². The van der Waals surface area contributed by atoms with Crippen molar-refractivity contribution in [2.45, 2.75) is 19.0 Å². The first-order valence-corrected chi connectivity index (χ1v) is 8.61. The Morgan fingerprint density at radius 1 is 1.59 bits per heavy atom. The minimum absolute atomic E-state index is 0.223. The van der Waals surface area contributed by atoms with Gasteiger partial charge in [-0.05, 0) is 17.0 Å². The topological polar surface area (TPSA) is 116 Å². The molecule has 2 aliphatic heterocycles. The third-order valence-corrected chi connectivity index (χ3v) is 4.95. The number of carbonyl (C=O) groups is 2. The monoisotopic (exact) mass is 347 g/mol. The van der Waals surface area contributed by atoms with Gasteiger partial charge in [-0.15, -0.1) is 15.6 Å². The Balaban J connectivity index is 1.94. The lowest BCUT2D eigenvalue weighted by Crippen LogP contribution is -2.40. The molecular formula is C11H13N3O6S2. The van der Waals surface area contributed by atoms with Gasteiger partial charge in [-0.3, -0.25) is 9.35 Å². The number of fused-ring (bicyclic) bond motifs is 4. The molecule has 3 amide bonds. The number of nitrogens with zero attached hydrogens (tertiary/aromatic N) is 2. The predicted octanol–water partition coefficient (Wildman–Crippen LogP) is 0.452. The molecule has 22 heavy (non-hydrogen) atoms. The van der Waals surface area contributed by atoms with E-state index in [-0.39, 0.29) is 19.0 Å². The fourth-order valence-corrected chi connectivity index (χ4v) is 4.17. The summed E-state index contributed by atoms with van der Waals surface area (Å²) in [5.41, 5.74) is 0.756. The minimum Gasteiger partial charge on any atom is -0.354 e. The van der Waals surface area contributed by atoms with E-state index >= 15 is 0 Å². The predicted molar refractivity (Wildman–Crippen MR) is 75.1 cm³/mol. The van der Waals surface area contributed by atoms with E-state index in [2.05, 4.69) is 9.60 Å². The summed E-state index contributed by atoms with van der Waals surface area (Å²) in [7, 11) is -4.80. The van der Waals surface area contributed by atoms with E-state index in [1.807, 2.05) is 5.38 Å². The smallest absolute Gasteiger partial charge is 0.354 e. The van der Waals surface area contributed by atoms with Gasteiger partial charge in [-0.2, -0.15) is 13.5 Å². The maximum atomic E-state index is 12.3. The molecule has 0 aliphatic carbocycles. The average Bonchev–Trinajstić information content (AvgIpc) is 2.97. The van der Waals surface area contributed by atoms with E-state index in [0.29, 0.717) is 5.06 Å². The molecule has 0 saturated carbocycles. The second kappa shape index (κ2) is 5.19. The maximum Gasteiger partial charge on any atom is 0.418 e. The summed E-state index contributed by atoms with van der Waals surface area (Å²) < 4.78 is 35.1.